The fourth-order valence-corrected chi connectivity index (χ4v) is 4.01. The highest BCUT2D eigenvalue weighted by Gasteiger charge is 2.49. The molecule has 0 unspecified atom stereocenters. The maximum atomic E-state index is 13.4. The lowest BCUT2D eigenvalue weighted by atomic mass is 9.76. The average molecular weight is 367 g/mol. The van der Waals surface area contributed by atoms with Crippen LogP contribution in [0, 0.1) is 5.92 Å². The molecule has 2 aliphatic rings. The van der Waals surface area contributed by atoms with E-state index >= 15 is 0 Å². The molecule has 0 radical (unpaired) electrons. The van der Waals surface area contributed by atoms with Crippen molar-refractivity contribution in [2.75, 3.05) is 13.1 Å². The predicted molar refractivity (Wildman–Crippen MR) is 94.0 cm³/mol. The third-order valence-electron chi connectivity index (χ3n) is 5.68. The van der Waals surface area contributed by atoms with E-state index in [1.54, 1.807) is 12.1 Å². The summed E-state index contributed by atoms with van der Waals surface area (Å²) >= 11 is 0. The van der Waals surface area contributed by atoms with E-state index in [1.807, 2.05) is 19.1 Å². The van der Waals surface area contributed by atoms with E-state index in [0.717, 1.165) is 12.0 Å². The van der Waals surface area contributed by atoms with Gasteiger partial charge in [0, 0.05) is 18.8 Å². The average Bonchev–Trinajstić information content (AvgIpc) is 3.00. The minimum Gasteiger partial charge on any atom is -0.460 e. The SMILES string of the molecule is CCc1ccc([C@@](O)(C(=O)O[C@@H]2CCC(F)(F)C2)C2CCNCC2)cc1. The standard InChI is InChI=1S/C20H27F2NO3/c1-2-14-3-5-15(6-4-14)20(25,16-8-11-23-12-9-16)18(24)26-17-7-10-19(21,22)13-17/h3-6,16-17,23,25H,2,7-13H2,1H3/t17-,20+/m1/s1. The molecule has 2 N–H and O–H groups in total. The number of esters is 1. The van der Waals surface area contributed by atoms with E-state index in [-0.39, 0.29) is 18.8 Å². The number of nitrogens with one attached hydrogen (secondary N) is 1. The van der Waals surface area contributed by atoms with Crippen molar-refractivity contribution in [3.05, 3.63) is 35.4 Å². The molecule has 1 saturated heterocycles. The number of hydrogen-bond donors (Lipinski definition) is 2. The van der Waals surface area contributed by atoms with Crippen molar-refractivity contribution in [1.29, 1.82) is 0 Å². The van der Waals surface area contributed by atoms with E-state index in [4.69, 9.17) is 4.74 Å². The van der Waals surface area contributed by atoms with Gasteiger partial charge in [-0.05, 0) is 49.9 Å². The van der Waals surface area contributed by atoms with Crippen LogP contribution < -0.4 is 5.32 Å². The Labute approximate surface area is 152 Å². The normalized spacial score (nSPS) is 25.6. The maximum absolute atomic E-state index is 13.4. The number of rotatable bonds is 5. The third-order valence-corrected chi connectivity index (χ3v) is 5.68. The first kappa shape index (κ1) is 19.2. The van der Waals surface area contributed by atoms with Crippen LogP contribution in [0.1, 0.15) is 50.2 Å². The molecule has 1 heterocycles. The Kier molecular flexibility index (Phi) is 5.63. The zero-order chi connectivity index (χ0) is 18.8. The second-order valence-corrected chi connectivity index (χ2v) is 7.47. The molecule has 3 rings (SSSR count). The van der Waals surface area contributed by atoms with Gasteiger partial charge in [0.25, 0.3) is 5.92 Å². The van der Waals surface area contributed by atoms with Crippen molar-refractivity contribution in [3.63, 3.8) is 0 Å². The quantitative estimate of drug-likeness (QED) is 0.785. The van der Waals surface area contributed by atoms with E-state index < -0.39 is 30.0 Å². The summed E-state index contributed by atoms with van der Waals surface area (Å²) < 4.78 is 32.3. The van der Waals surface area contributed by atoms with Gasteiger partial charge in [0.1, 0.15) is 6.10 Å². The highest BCUT2D eigenvalue weighted by atomic mass is 19.3. The molecular weight excluding hydrogens is 340 g/mol. The van der Waals surface area contributed by atoms with Crippen molar-refractivity contribution in [3.8, 4) is 0 Å². The molecule has 2 atom stereocenters. The molecule has 0 spiro atoms. The molecule has 1 aliphatic carbocycles. The van der Waals surface area contributed by atoms with Gasteiger partial charge in [-0.3, -0.25) is 0 Å². The first-order chi connectivity index (χ1) is 12.3. The number of piperidine rings is 1. The molecule has 0 amide bonds. The monoisotopic (exact) mass is 367 g/mol. The summed E-state index contributed by atoms with van der Waals surface area (Å²) in [6, 6.07) is 7.29. The van der Waals surface area contributed by atoms with Crippen molar-refractivity contribution >= 4 is 5.97 Å². The number of carbonyl (C=O) groups excluding carboxylic acids is 1. The fraction of sp³-hybridized carbons (Fsp3) is 0.650. The van der Waals surface area contributed by atoms with Crippen molar-refractivity contribution < 1.29 is 23.4 Å². The van der Waals surface area contributed by atoms with Crippen LogP contribution in [-0.2, 0) is 21.6 Å². The van der Waals surface area contributed by atoms with Crippen molar-refractivity contribution in [2.24, 2.45) is 5.92 Å². The molecule has 1 aromatic carbocycles. The second kappa shape index (κ2) is 7.61. The largest absolute Gasteiger partial charge is 0.460 e. The van der Waals surface area contributed by atoms with Crippen LogP contribution in [0.4, 0.5) is 8.78 Å². The number of alkyl halides is 2. The predicted octanol–water partition coefficient (Wildman–Crippen LogP) is 3.17. The first-order valence-corrected chi connectivity index (χ1v) is 9.46. The molecule has 6 heteroatoms. The molecule has 1 aliphatic heterocycles. The van der Waals surface area contributed by atoms with Gasteiger partial charge in [-0.1, -0.05) is 31.2 Å². The number of hydrogen-bond acceptors (Lipinski definition) is 4. The molecule has 4 nitrogen and oxygen atoms in total. The highest BCUT2D eigenvalue weighted by Crippen LogP contribution is 2.40. The summed E-state index contributed by atoms with van der Waals surface area (Å²) in [4.78, 5) is 12.9. The Morgan fingerprint density at radius 3 is 2.46 bits per heavy atom. The molecule has 2 fully saturated rings. The van der Waals surface area contributed by atoms with Gasteiger partial charge in [0.2, 0.25) is 0 Å². The van der Waals surface area contributed by atoms with Crippen LogP contribution in [0.3, 0.4) is 0 Å². The Bertz CT molecular complexity index is 628. The summed E-state index contributed by atoms with van der Waals surface area (Å²) in [6.07, 6.45) is 0.672. The van der Waals surface area contributed by atoms with Gasteiger partial charge in [0.15, 0.2) is 5.60 Å². The smallest absolute Gasteiger partial charge is 0.343 e. The maximum Gasteiger partial charge on any atom is 0.343 e. The molecular formula is C20H27F2NO3. The molecule has 0 bridgehead atoms. The van der Waals surface area contributed by atoms with Crippen LogP contribution in [0.5, 0.6) is 0 Å². The molecule has 144 valence electrons. The lowest BCUT2D eigenvalue weighted by Gasteiger charge is -2.37. The van der Waals surface area contributed by atoms with E-state index in [2.05, 4.69) is 5.32 Å². The molecule has 26 heavy (non-hydrogen) atoms. The summed E-state index contributed by atoms with van der Waals surface area (Å²) in [5.74, 6) is -3.89. The summed E-state index contributed by atoms with van der Waals surface area (Å²) in [6.45, 7) is 3.44. The van der Waals surface area contributed by atoms with Crippen molar-refractivity contribution in [1.82, 2.24) is 5.32 Å². The summed E-state index contributed by atoms with van der Waals surface area (Å²) in [5, 5.41) is 14.7. The number of aliphatic hydroxyl groups is 1. The molecule has 1 saturated carbocycles. The Balaban J connectivity index is 1.85. The van der Waals surface area contributed by atoms with Crippen molar-refractivity contribution in [2.45, 2.75) is 63.1 Å². The lowest BCUT2D eigenvalue weighted by molar-refractivity contribution is -0.181. The number of aryl methyl sites for hydroxylation is 1. The van der Waals surface area contributed by atoms with Gasteiger partial charge >= 0.3 is 5.97 Å². The van der Waals surface area contributed by atoms with Crippen LogP contribution in [0.15, 0.2) is 24.3 Å². The van der Waals surface area contributed by atoms with Crippen LogP contribution >= 0.6 is 0 Å². The van der Waals surface area contributed by atoms with Gasteiger partial charge in [-0.2, -0.15) is 0 Å². The van der Waals surface area contributed by atoms with Crippen LogP contribution in [0.2, 0.25) is 0 Å². The highest BCUT2D eigenvalue weighted by molar-refractivity contribution is 5.81. The fourth-order valence-electron chi connectivity index (χ4n) is 4.01. The van der Waals surface area contributed by atoms with Gasteiger partial charge < -0.3 is 15.2 Å². The first-order valence-electron chi connectivity index (χ1n) is 9.46. The Morgan fingerprint density at radius 1 is 1.27 bits per heavy atom. The Hall–Kier alpha value is -1.53. The van der Waals surface area contributed by atoms with E-state index in [1.165, 1.54) is 0 Å². The zero-order valence-corrected chi connectivity index (χ0v) is 15.1. The van der Waals surface area contributed by atoms with E-state index in [0.29, 0.717) is 31.5 Å². The second-order valence-electron chi connectivity index (χ2n) is 7.47. The topological polar surface area (TPSA) is 58.6 Å². The van der Waals surface area contributed by atoms with E-state index in [9.17, 15) is 18.7 Å². The van der Waals surface area contributed by atoms with Gasteiger partial charge in [0.05, 0.1) is 0 Å². The lowest BCUT2D eigenvalue weighted by Crippen LogP contribution is -2.49. The minimum atomic E-state index is -2.79. The summed E-state index contributed by atoms with van der Waals surface area (Å²) in [7, 11) is 0. The van der Waals surface area contributed by atoms with Gasteiger partial charge in [-0.15, -0.1) is 0 Å². The molecule has 0 aromatic heterocycles. The Morgan fingerprint density at radius 2 is 1.92 bits per heavy atom. The number of carbonyl (C=O) groups is 1. The van der Waals surface area contributed by atoms with Gasteiger partial charge in [-0.25, -0.2) is 13.6 Å². The number of benzene rings is 1. The number of halogens is 2. The zero-order valence-electron chi connectivity index (χ0n) is 15.1. The van der Waals surface area contributed by atoms with Crippen LogP contribution in [-0.4, -0.2) is 36.2 Å². The minimum absolute atomic E-state index is 0.135. The summed E-state index contributed by atoms with van der Waals surface area (Å²) in [5.41, 5.74) is -0.215. The third kappa shape index (κ3) is 3.91. The van der Waals surface area contributed by atoms with Crippen LogP contribution in [0.25, 0.3) is 0 Å². The molecule has 1 aromatic rings. The number of ether oxygens (including phenoxy) is 1.